The maximum absolute atomic E-state index is 13.9. The first kappa shape index (κ1) is 15.1. The summed E-state index contributed by atoms with van der Waals surface area (Å²) in [6, 6.07) is 8.04. The van der Waals surface area contributed by atoms with Gasteiger partial charge in [0.15, 0.2) is 17.4 Å². The average molecular weight is 310 g/mol. The van der Waals surface area contributed by atoms with Crippen molar-refractivity contribution in [3.05, 3.63) is 70.0 Å². The van der Waals surface area contributed by atoms with Crippen LogP contribution in [0.4, 0.5) is 13.2 Å². The van der Waals surface area contributed by atoms with E-state index in [1.54, 1.807) is 6.07 Å². The van der Waals surface area contributed by atoms with Gasteiger partial charge in [0.2, 0.25) is 0 Å². The summed E-state index contributed by atoms with van der Waals surface area (Å²) < 4.78 is 39.9. The molecule has 0 aromatic heterocycles. The van der Waals surface area contributed by atoms with E-state index < -0.39 is 29.2 Å². The third kappa shape index (κ3) is 2.91. The molecule has 0 saturated heterocycles. The van der Waals surface area contributed by atoms with Gasteiger partial charge in [0.25, 0.3) is 0 Å². The third-order valence-corrected chi connectivity index (χ3v) is 3.18. The predicted octanol–water partition coefficient (Wildman–Crippen LogP) is 4.25. The minimum Gasteiger partial charge on any atom is -0.292 e. The van der Waals surface area contributed by atoms with E-state index in [0.29, 0.717) is 6.07 Å². The van der Waals surface area contributed by atoms with Crippen LogP contribution in [0.15, 0.2) is 36.4 Å². The Hall–Kier alpha value is -2.32. The first-order chi connectivity index (χ1) is 9.95. The highest BCUT2D eigenvalue weighted by atomic mass is 35.5. The van der Waals surface area contributed by atoms with Crippen molar-refractivity contribution in [1.82, 2.24) is 0 Å². The summed E-state index contributed by atoms with van der Waals surface area (Å²) in [5, 5.41) is 8.87. The van der Waals surface area contributed by atoms with Crippen LogP contribution >= 0.6 is 11.6 Å². The van der Waals surface area contributed by atoms with Gasteiger partial charge in [-0.3, -0.25) is 4.79 Å². The van der Waals surface area contributed by atoms with Crippen LogP contribution in [0.1, 0.15) is 21.8 Å². The van der Waals surface area contributed by atoms with Crippen LogP contribution in [0.5, 0.6) is 0 Å². The van der Waals surface area contributed by atoms with Gasteiger partial charge in [-0.05, 0) is 24.3 Å². The highest BCUT2D eigenvalue weighted by molar-refractivity contribution is 6.30. The second-order valence-electron chi connectivity index (χ2n) is 4.20. The molecule has 6 heteroatoms. The Labute approximate surface area is 123 Å². The van der Waals surface area contributed by atoms with Gasteiger partial charge in [0.1, 0.15) is 11.7 Å². The van der Waals surface area contributed by atoms with Gasteiger partial charge in [-0.2, -0.15) is 5.26 Å². The molecule has 1 unspecified atom stereocenters. The Morgan fingerprint density at radius 2 is 1.86 bits per heavy atom. The number of ketones is 1. The molecule has 2 aromatic rings. The number of hydrogen-bond acceptors (Lipinski definition) is 2. The van der Waals surface area contributed by atoms with Crippen LogP contribution in [0.3, 0.4) is 0 Å². The molecular formula is C15H7ClF3NO. The normalized spacial score (nSPS) is 11.8. The molecule has 0 amide bonds. The molecule has 0 fully saturated rings. The lowest BCUT2D eigenvalue weighted by Crippen LogP contribution is -2.13. The number of nitrogens with zero attached hydrogens (tertiary/aromatic N) is 1. The number of carbonyl (C=O) groups is 1. The van der Waals surface area contributed by atoms with E-state index in [9.17, 15) is 18.0 Å². The molecule has 2 nitrogen and oxygen atoms in total. The maximum atomic E-state index is 13.9. The summed E-state index contributed by atoms with van der Waals surface area (Å²) in [4.78, 5) is 12.2. The minimum atomic E-state index is -1.49. The van der Waals surface area contributed by atoms with E-state index in [1.165, 1.54) is 18.2 Å². The summed E-state index contributed by atoms with van der Waals surface area (Å²) in [6.45, 7) is 0. The Morgan fingerprint density at radius 1 is 1.14 bits per heavy atom. The van der Waals surface area contributed by atoms with Crippen molar-refractivity contribution in [3.63, 3.8) is 0 Å². The fourth-order valence-electron chi connectivity index (χ4n) is 1.83. The average Bonchev–Trinajstić information content (AvgIpc) is 2.47. The van der Waals surface area contributed by atoms with Crippen molar-refractivity contribution in [2.45, 2.75) is 5.92 Å². The molecule has 0 aliphatic heterocycles. The van der Waals surface area contributed by atoms with E-state index in [2.05, 4.69) is 0 Å². The van der Waals surface area contributed by atoms with Gasteiger partial charge < -0.3 is 0 Å². The zero-order valence-corrected chi connectivity index (χ0v) is 11.2. The summed E-state index contributed by atoms with van der Waals surface area (Å²) in [6.07, 6.45) is 0. The zero-order chi connectivity index (χ0) is 15.6. The topological polar surface area (TPSA) is 40.9 Å². The van der Waals surface area contributed by atoms with Gasteiger partial charge in [-0.1, -0.05) is 23.7 Å². The van der Waals surface area contributed by atoms with Crippen LogP contribution in [0.2, 0.25) is 5.02 Å². The molecule has 0 aliphatic rings. The molecule has 0 heterocycles. The van der Waals surface area contributed by atoms with E-state index in [4.69, 9.17) is 16.9 Å². The first-order valence-corrected chi connectivity index (χ1v) is 6.16. The number of rotatable bonds is 3. The monoisotopic (exact) mass is 309 g/mol. The summed E-state index contributed by atoms with van der Waals surface area (Å²) in [5.74, 6) is -5.55. The molecule has 0 saturated carbocycles. The first-order valence-electron chi connectivity index (χ1n) is 5.78. The second-order valence-corrected chi connectivity index (χ2v) is 4.61. The predicted molar refractivity (Wildman–Crippen MR) is 70.5 cm³/mol. The highest BCUT2D eigenvalue weighted by Gasteiger charge is 2.26. The van der Waals surface area contributed by atoms with Gasteiger partial charge in [0.05, 0.1) is 11.1 Å². The molecule has 21 heavy (non-hydrogen) atoms. The number of halogens is 4. The van der Waals surface area contributed by atoms with Crippen LogP contribution in [-0.2, 0) is 0 Å². The van der Waals surface area contributed by atoms with Crippen molar-refractivity contribution >= 4 is 17.4 Å². The van der Waals surface area contributed by atoms with Gasteiger partial charge in [-0.15, -0.1) is 0 Å². The van der Waals surface area contributed by atoms with E-state index in [1.807, 2.05) is 0 Å². The number of benzene rings is 2. The molecular weight excluding hydrogens is 303 g/mol. The van der Waals surface area contributed by atoms with E-state index in [0.717, 1.165) is 12.1 Å². The molecule has 0 bridgehead atoms. The van der Waals surface area contributed by atoms with Crippen molar-refractivity contribution in [1.29, 1.82) is 5.26 Å². The van der Waals surface area contributed by atoms with E-state index >= 15 is 0 Å². The largest absolute Gasteiger partial charge is 0.292 e. The fourth-order valence-corrected chi connectivity index (χ4v) is 2.01. The third-order valence-electron chi connectivity index (χ3n) is 2.89. The van der Waals surface area contributed by atoms with Crippen LogP contribution in [0.25, 0.3) is 0 Å². The lowest BCUT2D eigenvalue weighted by atomic mass is 9.91. The zero-order valence-electron chi connectivity index (χ0n) is 10.4. The Balaban J connectivity index is 2.46. The van der Waals surface area contributed by atoms with Gasteiger partial charge in [-0.25, -0.2) is 13.2 Å². The second kappa shape index (κ2) is 5.98. The lowest BCUT2D eigenvalue weighted by Gasteiger charge is -2.10. The highest BCUT2D eigenvalue weighted by Crippen LogP contribution is 2.27. The number of nitriles is 1. The Kier molecular flexibility index (Phi) is 4.29. The number of carbonyl (C=O) groups excluding carboxylic acids is 1. The number of hydrogen-bond donors (Lipinski definition) is 0. The quantitative estimate of drug-likeness (QED) is 0.795. The fraction of sp³-hybridized carbons (Fsp3) is 0.0667. The Bertz CT molecular complexity index is 755. The molecule has 0 N–H and O–H groups in total. The molecule has 0 radical (unpaired) electrons. The molecule has 0 aliphatic carbocycles. The molecule has 106 valence electrons. The molecule has 2 aromatic carbocycles. The van der Waals surface area contributed by atoms with Crippen LogP contribution in [0, 0.1) is 28.8 Å². The Morgan fingerprint density at radius 3 is 2.48 bits per heavy atom. The van der Waals surface area contributed by atoms with Gasteiger partial charge in [0, 0.05) is 11.1 Å². The summed E-state index contributed by atoms with van der Waals surface area (Å²) >= 11 is 5.61. The summed E-state index contributed by atoms with van der Waals surface area (Å²) in [7, 11) is 0. The van der Waals surface area contributed by atoms with Crippen molar-refractivity contribution in [2.75, 3.05) is 0 Å². The number of Topliss-reactive ketones (excluding diaryl/α,β-unsaturated/α-hetero) is 1. The lowest BCUT2D eigenvalue weighted by molar-refractivity contribution is 0.0977. The van der Waals surface area contributed by atoms with Crippen LogP contribution in [-0.4, -0.2) is 5.78 Å². The van der Waals surface area contributed by atoms with Crippen molar-refractivity contribution in [3.8, 4) is 6.07 Å². The standard InChI is InChI=1S/C15H7ClF3NO/c16-11-3-1-2-9(14(11)19)10(7-20)15(21)8-4-5-12(17)13(18)6-8/h1-6,10H. The molecule has 0 spiro atoms. The molecule has 1 atom stereocenters. The van der Waals surface area contributed by atoms with E-state index in [-0.39, 0.29) is 16.1 Å². The van der Waals surface area contributed by atoms with Crippen molar-refractivity contribution < 1.29 is 18.0 Å². The van der Waals surface area contributed by atoms with Gasteiger partial charge >= 0.3 is 0 Å². The summed E-state index contributed by atoms with van der Waals surface area (Å²) in [5.41, 5.74) is -0.431. The molecule has 2 rings (SSSR count). The van der Waals surface area contributed by atoms with Crippen LogP contribution < -0.4 is 0 Å². The maximum Gasteiger partial charge on any atom is 0.184 e. The SMILES string of the molecule is N#CC(C(=O)c1ccc(F)c(F)c1)c1cccc(Cl)c1F. The van der Waals surface area contributed by atoms with Crippen molar-refractivity contribution in [2.24, 2.45) is 0 Å². The minimum absolute atomic E-state index is 0.209. The smallest absolute Gasteiger partial charge is 0.184 e.